The maximum Gasteiger partial charge on any atom is 0.271 e. The molecule has 1 saturated carbocycles. The maximum absolute atomic E-state index is 11.7. The molecule has 2 heterocycles. The molecule has 2 fully saturated rings. The summed E-state index contributed by atoms with van der Waals surface area (Å²) in [5.74, 6) is 0.551. The molecule has 6 nitrogen and oxygen atoms in total. The highest BCUT2D eigenvalue weighted by atomic mass is 16.5. The van der Waals surface area contributed by atoms with Gasteiger partial charge in [0.05, 0.1) is 5.60 Å². The Labute approximate surface area is 137 Å². The molecule has 126 valence electrons. The van der Waals surface area contributed by atoms with Crippen LogP contribution >= 0.6 is 0 Å². The Hall–Kier alpha value is -1.69. The fraction of sp³-hybridized carbons (Fsp3) is 0.706. The van der Waals surface area contributed by atoms with Crippen molar-refractivity contribution in [3.05, 3.63) is 17.8 Å². The number of hydrogen-bond donors (Lipinski definition) is 2. The van der Waals surface area contributed by atoms with Crippen molar-refractivity contribution < 1.29 is 9.53 Å². The minimum Gasteiger partial charge on any atom is -0.375 e. The zero-order valence-corrected chi connectivity index (χ0v) is 13.8. The topological polar surface area (TPSA) is 76.1 Å². The van der Waals surface area contributed by atoms with Crippen LogP contribution in [-0.4, -0.2) is 40.9 Å². The second-order valence-corrected chi connectivity index (χ2v) is 6.59. The monoisotopic (exact) mass is 318 g/mol. The number of carbonyl (C=O) groups excluding carboxylic acids is 1. The van der Waals surface area contributed by atoms with Crippen LogP contribution in [0, 0.1) is 0 Å². The van der Waals surface area contributed by atoms with Crippen molar-refractivity contribution in [1.29, 1.82) is 0 Å². The molecule has 0 aromatic carbocycles. The van der Waals surface area contributed by atoms with Gasteiger partial charge in [-0.25, -0.2) is 0 Å². The summed E-state index contributed by atoms with van der Waals surface area (Å²) >= 11 is 0. The number of ether oxygens (including phenoxy) is 1. The van der Waals surface area contributed by atoms with Gasteiger partial charge in [0.25, 0.3) is 5.91 Å². The van der Waals surface area contributed by atoms with Crippen LogP contribution in [0.4, 0.5) is 5.82 Å². The van der Waals surface area contributed by atoms with Crippen molar-refractivity contribution in [2.75, 3.05) is 18.5 Å². The summed E-state index contributed by atoms with van der Waals surface area (Å²) < 4.78 is 6.12. The number of carbonyl (C=O) groups is 1. The van der Waals surface area contributed by atoms with Crippen LogP contribution in [0.5, 0.6) is 0 Å². The zero-order chi connectivity index (χ0) is 16.1. The first kappa shape index (κ1) is 16.2. The number of amides is 1. The van der Waals surface area contributed by atoms with Gasteiger partial charge in [-0.05, 0) is 44.7 Å². The van der Waals surface area contributed by atoms with Crippen molar-refractivity contribution >= 4 is 11.7 Å². The molecule has 1 amide bonds. The molecule has 1 aromatic rings. The summed E-state index contributed by atoms with van der Waals surface area (Å²) in [5, 5.41) is 14.3. The van der Waals surface area contributed by atoms with E-state index in [-0.39, 0.29) is 11.5 Å². The molecule has 0 radical (unpaired) electrons. The normalized spacial score (nSPS) is 23.4. The zero-order valence-electron chi connectivity index (χ0n) is 13.8. The van der Waals surface area contributed by atoms with E-state index in [1.54, 1.807) is 6.07 Å². The van der Waals surface area contributed by atoms with Gasteiger partial charge in [0.2, 0.25) is 0 Å². The summed E-state index contributed by atoms with van der Waals surface area (Å²) in [7, 11) is 0. The van der Waals surface area contributed by atoms with Crippen LogP contribution in [0.3, 0.4) is 0 Å². The molecular formula is C17H26N4O2. The Bertz CT molecular complexity index is 520. The molecule has 23 heavy (non-hydrogen) atoms. The van der Waals surface area contributed by atoms with Gasteiger partial charge in [-0.2, -0.15) is 0 Å². The Morgan fingerprint density at radius 2 is 2.13 bits per heavy atom. The molecule has 3 rings (SSSR count). The van der Waals surface area contributed by atoms with E-state index in [0.717, 1.165) is 25.3 Å². The number of nitrogens with zero attached hydrogens (tertiary/aromatic N) is 2. The highest BCUT2D eigenvalue weighted by Gasteiger charge is 2.38. The van der Waals surface area contributed by atoms with E-state index >= 15 is 0 Å². The number of anilines is 1. The molecule has 0 bridgehead atoms. The maximum atomic E-state index is 11.7. The Morgan fingerprint density at radius 3 is 2.83 bits per heavy atom. The van der Waals surface area contributed by atoms with Gasteiger partial charge in [0.1, 0.15) is 5.82 Å². The van der Waals surface area contributed by atoms with E-state index in [4.69, 9.17) is 4.74 Å². The summed E-state index contributed by atoms with van der Waals surface area (Å²) in [6.07, 6.45) is 8.24. The van der Waals surface area contributed by atoms with Gasteiger partial charge in [-0.3, -0.25) is 4.79 Å². The Morgan fingerprint density at radius 1 is 1.30 bits per heavy atom. The van der Waals surface area contributed by atoms with Crippen molar-refractivity contribution in [2.24, 2.45) is 0 Å². The third kappa shape index (κ3) is 3.99. The van der Waals surface area contributed by atoms with Crippen LogP contribution in [-0.2, 0) is 4.74 Å². The number of rotatable bonds is 4. The number of aromatic nitrogens is 2. The molecule has 2 aliphatic rings. The highest BCUT2D eigenvalue weighted by molar-refractivity contribution is 5.92. The highest BCUT2D eigenvalue weighted by Crippen LogP contribution is 2.39. The Kier molecular flexibility index (Phi) is 5.10. The van der Waals surface area contributed by atoms with Gasteiger partial charge in [0, 0.05) is 19.2 Å². The Balaban J connectivity index is 1.59. The minimum atomic E-state index is -0.182. The van der Waals surface area contributed by atoms with E-state index in [0.29, 0.717) is 18.3 Å². The van der Waals surface area contributed by atoms with Gasteiger partial charge >= 0.3 is 0 Å². The first-order chi connectivity index (χ1) is 11.2. The molecule has 1 aliphatic heterocycles. The summed E-state index contributed by atoms with van der Waals surface area (Å²) in [6, 6.07) is 3.92. The lowest BCUT2D eigenvalue weighted by atomic mass is 9.78. The summed E-state index contributed by atoms with van der Waals surface area (Å²) in [6.45, 7) is 3.28. The lowest BCUT2D eigenvalue weighted by molar-refractivity contribution is -0.103. The quantitative estimate of drug-likeness (QED) is 0.892. The van der Waals surface area contributed by atoms with Crippen LogP contribution in [0.15, 0.2) is 12.1 Å². The van der Waals surface area contributed by atoms with Crippen LogP contribution in [0.2, 0.25) is 0 Å². The molecule has 1 aliphatic carbocycles. The molecule has 2 N–H and O–H groups in total. The van der Waals surface area contributed by atoms with Crippen LogP contribution < -0.4 is 10.6 Å². The van der Waals surface area contributed by atoms with E-state index in [9.17, 15) is 4.79 Å². The third-order valence-electron chi connectivity index (χ3n) is 4.84. The lowest BCUT2D eigenvalue weighted by Gasteiger charge is -2.43. The number of hydrogen-bond acceptors (Lipinski definition) is 5. The van der Waals surface area contributed by atoms with Gasteiger partial charge in [-0.1, -0.05) is 19.3 Å². The van der Waals surface area contributed by atoms with E-state index in [1.807, 2.05) is 13.0 Å². The first-order valence-electron chi connectivity index (χ1n) is 8.73. The predicted molar refractivity (Wildman–Crippen MR) is 88.5 cm³/mol. The number of nitrogens with one attached hydrogen (secondary N) is 2. The average molecular weight is 318 g/mol. The second-order valence-electron chi connectivity index (χ2n) is 6.59. The van der Waals surface area contributed by atoms with Gasteiger partial charge in [-0.15, -0.1) is 10.2 Å². The first-order valence-corrected chi connectivity index (χ1v) is 8.73. The third-order valence-corrected chi connectivity index (χ3v) is 4.84. The van der Waals surface area contributed by atoms with Crippen LogP contribution in [0.25, 0.3) is 0 Å². The largest absolute Gasteiger partial charge is 0.375 e. The average Bonchev–Trinajstić information content (AvgIpc) is 2.56. The van der Waals surface area contributed by atoms with Crippen molar-refractivity contribution in [3.63, 3.8) is 0 Å². The molecule has 6 heteroatoms. The lowest BCUT2D eigenvalue weighted by Crippen LogP contribution is -2.45. The molecule has 1 aromatic heterocycles. The predicted octanol–water partition coefficient (Wildman–Crippen LogP) is 2.52. The smallest absolute Gasteiger partial charge is 0.271 e. The SMILES string of the molecule is CCNC(=O)c1ccc(N[C@@H]2CCOC3(CCCCC3)C2)nn1. The van der Waals surface area contributed by atoms with Crippen molar-refractivity contribution in [3.8, 4) is 0 Å². The van der Waals surface area contributed by atoms with E-state index < -0.39 is 0 Å². The molecule has 0 unspecified atom stereocenters. The minimum absolute atomic E-state index is 0.0720. The van der Waals surface area contributed by atoms with E-state index in [1.165, 1.54) is 32.1 Å². The summed E-state index contributed by atoms with van der Waals surface area (Å²) in [4.78, 5) is 11.7. The molecule has 1 atom stereocenters. The van der Waals surface area contributed by atoms with Crippen LogP contribution in [0.1, 0.15) is 62.4 Å². The van der Waals surface area contributed by atoms with Gasteiger partial charge in [0.15, 0.2) is 5.69 Å². The molecule has 1 spiro atoms. The van der Waals surface area contributed by atoms with Crippen molar-refractivity contribution in [1.82, 2.24) is 15.5 Å². The van der Waals surface area contributed by atoms with E-state index in [2.05, 4.69) is 20.8 Å². The fourth-order valence-electron chi connectivity index (χ4n) is 3.69. The molecular weight excluding hydrogens is 292 g/mol. The standard InChI is InChI=1S/C17H26N4O2/c1-2-18-16(22)14-6-7-15(21-20-14)19-13-8-11-23-17(12-13)9-4-3-5-10-17/h6-7,13H,2-5,8-12H2,1H3,(H,18,22)(H,19,21)/t13-/m1/s1. The second kappa shape index (κ2) is 7.25. The van der Waals surface area contributed by atoms with Gasteiger partial charge < -0.3 is 15.4 Å². The fourth-order valence-corrected chi connectivity index (χ4v) is 3.69. The van der Waals surface area contributed by atoms with Crippen molar-refractivity contribution in [2.45, 2.75) is 63.5 Å². The molecule has 1 saturated heterocycles. The summed E-state index contributed by atoms with van der Waals surface area (Å²) in [5.41, 5.74) is 0.427.